The first-order valence-corrected chi connectivity index (χ1v) is 7.97. The van der Waals surface area contributed by atoms with E-state index in [2.05, 4.69) is 23.2 Å². The Balaban J connectivity index is 3.12. The third kappa shape index (κ3) is 14.0. The molecule has 0 N–H and O–H groups in total. The standard InChI is InChI=1S/C12H26O5P/c1-3-5-7-9-11-14-16-18(13)17-15-12-10-8-6-4-2/h3-12H2,1-2H3/q+1. The van der Waals surface area contributed by atoms with Crippen molar-refractivity contribution in [1.82, 2.24) is 0 Å². The largest absolute Gasteiger partial charge is 0.759 e. The zero-order valence-electron chi connectivity index (χ0n) is 11.6. The van der Waals surface area contributed by atoms with Crippen LogP contribution in [0, 0.1) is 0 Å². The lowest BCUT2D eigenvalue weighted by Crippen LogP contribution is -1.95. The molecule has 0 saturated carbocycles. The van der Waals surface area contributed by atoms with Gasteiger partial charge in [0.1, 0.15) is 0 Å². The highest BCUT2D eigenvalue weighted by Gasteiger charge is 2.24. The topological polar surface area (TPSA) is 54.0 Å². The van der Waals surface area contributed by atoms with Crippen LogP contribution < -0.4 is 0 Å². The molecule has 0 aromatic rings. The average Bonchev–Trinajstić information content (AvgIpc) is 2.38. The maximum atomic E-state index is 11.1. The zero-order chi connectivity index (χ0) is 13.5. The molecule has 0 amide bonds. The molecule has 0 spiro atoms. The average molecular weight is 281 g/mol. The predicted octanol–water partition coefficient (Wildman–Crippen LogP) is 4.70. The van der Waals surface area contributed by atoms with E-state index >= 15 is 0 Å². The van der Waals surface area contributed by atoms with Crippen LogP contribution in [0.5, 0.6) is 0 Å². The summed E-state index contributed by atoms with van der Waals surface area (Å²) >= 11 is 0. The Hall–Kier alpha value is -0.0600. The monoisotopic (exact) mass is 281 g/mol. The molecule has 0 aliphatic heterocycles. The molecular formula is C12H26O5P+. The highest BCUT2D eigenvalue weighted by molar-refractivity contribution is 7.32. The van der Waals surface area contributed by atoms with E-state index in [9.17, 15) is 4.57 Å². The van der Waals surface area contributed by atoms with E-state index in [-0.39, 0.29) is 0 Å². The summed E-state index contributed by atoms with van der Waals surface area (Å²) in [6.45, 7) is 5.14. The van der Waals surface area contributed by atoms with Crippen molar-refractivity contribution in [3.63, 3.8) is 0 Å². The minimum Gasteiger partial charge on any atom is -0.187 e. The van der Waals surface area contributed by atoms with Crippen LogP contribution in [0.15, 0.2) is 0 Å². The first-order chi connectivity index (χ1) is 8.81. The molecule has 0 heterocycles. The molecule has 0 rings (SSSR count). The lowest BCUT2D eigenvalue weighted by Gasteiger charge is -1.96. The van der Waals surface area contributed by atoms with Gasteiger partial charge in [-0.25, -0.2) is 0 Å². The molecule has 0 aromatic carbocycles. The highest BCUT2D eigenvalue weighted by Crippen LogP contribution is 2.24. The van der Waals surface area contributed by atoms with Gasteiger partial charge in [0.25, 0.3) is 0 Å². The Morgan fingerprint density at radius 2 is 1.17 bits per heavy atom. The second kappa shape index (κ2) is 15.0. The van der Waals surface area contributed by atoms with Gasteiger partial charge in [-0.3, -0.25) is 0 Å². The first kappa shape index (κ1) is 17.9. The summed E-state index contributed by atoms with van der Waals surface area (Å²) in [5.74, 6) is 0. The summed E-state index contributed by atoms with van der Waals surface area (Å²) in [5, 5.41) is 0. The van der Waals surface area contributed by atoms with Gasteiger partial charge < -0.3 is 0 Å². The van der Waals surface area contributed by atoms with Gasteiger partial charge in [0.15, 0.2) is 0 Å². The molecule has 0 bridgehead atoms. The van der Waals surface area contributed by atoms with Gasteiger partial charge in [-0.1, -0.05) is 52.4 Å². The predicted molar refractivity (Wildman–Crippen MR) is 70.0 cm³/mol. The molecule has 6 heteroatoms. The van der Waals surface area contributed by atoms with E-state index in [0.717, 1.165) is 25.7 Å². The molecular weight excluding hydrogens is 255 g/mol. The van der Waals surface area contributed by atoms with Crippen LogP contribution in [0.4, 0.5) is 0 Å². The van der Waals surface area contributed by atoms with Gasteiger partial charge in [0.05, 0.1) is 22.6 Å². The van der Waals surface area contributed by atoms with E-state index in [0.29, 0.717) is 13.2 Å². The Morgan fingerprint density at radius 3 is 1.56 bits per heavy atom. The Labute approximate surface area is 111 Å². The third-order valence-electron chi connectivity index (χ3n) is 2.39. The number of hydrogen-bond acceptors (Lipinski definition) is 5. The van der Waals surface area contributed by atoms with Crippen LogP contribution in [0.1, 0.15) is 65.2 Å². The minimum absolute atomic E-state index is 0.431. The lowest BCUT2D eigenvalue weighted by molar-refractivity contribution is -0.259. The highest BCUT2D eigenvalue weighted by atomic mass is 31.1. The molecule has 0 aliphatic rings. The molecule has 108 valence electrons. The Morgan fingerprint density at radius 1 is 0.722 bits per heavy atom. The summed E-state index contributed by atoms with van der Waals surface area (Å²) in [7, 11) is -2.32. The zero-order valence-corrected chi connectivity index (χ0v) is 12.5. The van der Waals surface area contributed by atoms with Crippen molar-refractivity contribution in [3.05, 3.63) is 0 Å². The van der Waals surface area contributed by atoms with E-state index < -0.39 is 8.25 Å². The van der Waals surface area contributed by atoms with Crippen molar-refractivity contribution in [2.75, 3.05) is 13.2 Å². The smallest absolute Gasteiger partial charge is 0.187 e. The van der Waals surface area contributed by atoms with E-state index in [1.54, 1.807) is 0 Å². The number of rotatable bonds is 14. The minimum atomic E-state index is -2.32. The van der Waals surface area contributed by atoms with Crippen molar-refractivity contribution in [2.24, 2.45) is 0 Å². The van der Waals surface area contributed by atoms with Crippen LogP contribution in [-0.2, 0) is 23.7 Å². The fourth-order valence-corrected chi connectivity index (χ4v) is 1.69. The Bertz CT molecular complexity index is 171. The maximum Gasteiger partial charge on any atom is 0.759 e. The summed E-state index contributed by atoms with van der Waals surface area (Å²) in [6.07, 6.45) is 8.66. The van der Waals surface area contributed by atoms with Gasteiger partial charge in [-0.2, -0.15) is 9.78 Å². The molecule has 0 saturated heterocycles. The van der Waals surface area contributed by atoms with Gasteiger partial charge >= 0.3 is 8.25 Å². The second-order valence-electron chi connectivity index (χ2n) is 4.14. The van der Waals surface area contributed by atoms with Crippen molar-refractivity contribution < 1.29 is 23.7 Å². The summed E-state index contributed by atoms with van der Waals surface area (Å²) < 4.78 is 20.1. The fraction of sp³-hybridized carbons (Fsp3) is 1.00. The molecule has 0 aliphatic carbocycles. The van der Waals surface area contributed by atoms with Crippen molar-refractivity contribution in [3.8, 4) is 0 Å². The van der Waals surface area contributed by atoms with Crippen LogP contribution in [0.25, 0.3) is 0 Å². The molecule has 0 unspecified atom stereocenters. The molecule has 0 radical (unpaired) electrons. The SMILES string of the molecule is CCCCCCOO[P+](=O)OOCCCCCC. The lowest BCUT2D eigenvalue weighted by atomic mass is 10.2. The van der Waals surface area contributed by atoms with Crippen molar-refractivity contribution in [2.45, 2.75) is 65.2 Å². The van der Waals surface area contributed by atoms with Crippen molar-refractivity contribution >= 4 is 8.25 Å². The van der Waals surface area contributed by atoms with Gasteiger partial charge in [-0.05, 0) is 12.8 Å². The molecule has 0 fully saturated rings. The fourth-order valence-electron chi connectivity index (χ4n) is 1.35. The van der Waals surface area contributed by atoms with Crippen molar-refractivity contribution in [1.29, 1.82) is 0 Å². The normalized spacial score (nSPS) is 10.8. The van der Waals surface area contributed by atoms with Crippen LogP contribution in [0.2, 0.25) is 0 Å². The summed E-state index contributed by atoms with van der Waals surface area (Å²) in [4.78, 5) is 9.50. The van der Waals surface area contributed by atoms with E-state index in [4.69, 9.17) is 9.78 Å². The third-order valence-corrected chi connectivity index (χ3v) is 2.84. The van der Waals surface area contributed by atoms with Gasteiger partial charge in [0.2, 0.25) is 0 Å². The van der Waals surface area contributed by atoms with Gasteiger partial charge in [0, 0.05) is 4.57 Å². The molecule has 0 aromatic heterocycles. The summed E-state index contributed by atoms with van der Waals surface area (Å²) in [6, 6.07) is 0. The van der Waals surface area contributed by atoms with Gasteiger partial charge in [-0.15, -0.1) is 0 Å². The summed E-state index contributed by atoms with van der Waals surface area (Å²) in [5.41, 5.74) is 0. The van der Waals surface area contributed by atoms with E-state index in [1.165, 1.54) is 25.7 Å². The molecule has 18 heavy (non-hydrogen) atoms. The van der Waals surface area contributed by atoms with Crippen LogP contribution in [-0.4, -0.2) is 13.2 Å². The maximum absolute atomic E-state index is 11.1. The quantitative estimate of drug-likeness (QED) is 0.200. The molecule has 5 nitrogen and oxygen atoms in total. The van der Waals surface area contributed by atoms with E-state index in [1.807, 2.05) is 0 Å². The molecule has 0 atom stereocenters. The Kier molecular flexibility index (Phi) is 14.9. The van der Waals surface area contributed by atoms with Crippen LogP contribution >= 0.6 is 8.25 Å². The van der Waals surface area contributed by atoms with Crippen LogP contribution in [0.3, 0.4) is 0 Å². The number of unbranched alkanes of at least 4 members (excludes halogenated alkanes) is 6. The second-order valence-corrected chi connectivity index (χ2v) is 4.88. The number of hydrogen-bond donors (Lipinski definition) is 0. The first-order valence-electron chi connectivity index (χ1n) is 6.87.